The maximum atomic E-state index is 13.5. The van der Waals surface area contributed by atoms with Gasteiger partial charge in [0.05, 0.1) is 19.2 Å². The second kappa shape index (κ2) is 15.7. The van der Waals surface area contributed by atoms with Crippen LogP contribution in [0.3, 0.4) is 0 Å². The number of rotatable bonds is 9. The number of carbonyl (C=O) groups excluding carboxylic acids is 2. The Morgan fingerprint density at radius 1 is 0.740 bits per heavy atom. The molecule has 0 aromatic heterocycles. The lowest BCUT2D eigenvalue weighted by atomic mass is 9.94. The topological polar surface area (TPSA) is 71.1 Å². The van der Waals surface area contributed by atoms with Crippen LogP contribution in [0.15, 0.2) is 97.1 Å². The maximum absolute atomic E-state index is 13.5. The van der Waals surface area contributed by atoms with Crippen LogP contribution in [0.1, 0.15) is 69.6 Å². The molecule has 0 bridgehead atoms. The third-order valence-corrected chi connectivity index (χ3v) is 8.67. The third-order valence-electron chi connectivity index (χ3n) is 8.67. The zero-order chi connectivity index (χ0) is 35.9. The van der Waals surface area contributed by atoms with Gasteiger partial charge in [0.2, 0.25) is 0 Å². The molecule has 7 nitrogen and oxygen atoms in total. The third kappa shape index (κ3) is 9.80. The molecule has 0 aliphatic heterocycles. The highest BCUT2D eigenvalue weighted by atomic mass is 19.4. The number of benzene rings is 4. The van der Waals surface area contributed by atoms with Crippen LogP contribution in [0.5, 0.6) is 5.75 Å². The van der Waals surface area contributed by atoms with Gasteiger partial charge in [-0.2, -0.15) is 13.2 Å². The van der Waals surface area contributed by atoms with Crippen LogP contribution < -0.4 is 15.0 Å². The lowest BCUT2D eigenvalue weighted by Gasteiger charge is -2.35. The highest BCUT2D eigenvalue weighted by molar-refractivity contribution is 6.01. The summed E-state index contributed by atoms with van der Waals surface area (Å²) in [6, 6.07) is 27.0. The molecule has 0 atom stereocenters. The monoisotopic (exact) mass is 687 g/mol. The van der Waals surface area contributed by atoms with Gasteiger partial charge in [0.1, 0.15) is 11.4 Å². The van der Waals surface area contributed by atoms with Gasteiger partial charge in [-0.15, -0.1) is 0 Å². The minimum atomic E-state index is -4.47. The van der Waals surface area contributed by atoms with E-state index in [0.717, 1.165) is 60.1 Å². The number of nitrogens with zero attached hydrogens (tertiary/aromatic N) is 2. The van der Waals surface area contributed by atoms with Crippen molar-refractivity contribution in [1.29, 1.82) is 0 Å². The van der Waals surface area contributed by atoms with Gasteiger partial charge < -0.3 is 19.7 Å². The summed E-state index contributed by atoms with van der Waals surface area (Å²) in [4.78, 5) is 30.1. The first-order valence-electron chi connectivity index (χ1n) is 16.9. The van der Waals surface area contributed by atoms with Crippen LogP contribution in [0.2, 0.25) is 0 Å². The molecular formula is C40H44F3N3O4. The van der Waals surface area contributed by atoms with E-state index in [-0.39, 0.29) is 24.4 Å². The molecule has 10 heteroatoms. The van der Waals surface area contributed by atoms with Crippen molar-refractivity contribution in [3.63, 3.8) is 0 Å². The Hall–Kier alpha value is -4.99. The van der Waals surface area contributed by atoms with Crippen molar-refractivity contribution in [3.05, 3.63) is 114 Å². The van der Waals surface area contributed by atoms with Crippen molar-refractivity contribution in [2.45, 2.75) is 83.8 Å². The molecular weight excluding hydrogens is 643 g/mol. The van der Waals surface area contributed by atoms with Crippen molar-refractivity contribution in [1.82, 2.24) is 4.90 Å². The van der Waals surface area contributed by atoms with E-state index in [2.05, 4.69) is 5.32 Å². The number of ether oxygens (including phenoxy) is 2. The number of carbonyl (C=O) groups is 2. The van der Waals surface area contributed by atoms with Gasteiger partial charge in [-0.1, -0.05) is 67.8 Å². The van der Waals surface area contributed by atoms with E-state index in [1.807, 2.05) is 74.2 Å². The van der Waals surface area contributed by atoms with Crippen LogP contribution in [0.25, 0.3) is 11.1 Å². The van der Waals surface area contributed by atoms with Crippen LogP contribution in [0, 0.1) is 0 Å². The first kappa shape index (κ1) is 36.3. The van der Waals surface area contributed by atoms with Crippen molar-refractivity contribution in [3.8, 4) is 16.9 Å². The predicted octanol–water partition coefficient (Wildman–Crippen LogP) is 10.7. The highest BCUT2D eigenvalue weighted by Gasteiger charge is 2.31. The van der Waals surface area contributed by atoms with Crippen molar-refractivity contribution >= 4 is 23.5 Å². The molecule has 4 aromatic rings. The summed E-state index contributed by atoms with van der Waals surface area (Å²) in [6.45, 7) is 6.35. The minimum Gasteiger partial charge on any atom is -0.497 e. The number of methoxy groups -OCH3 is 1. The quantitative estimate of drug-likeness (QED) is 0.190. The Kier molecular flexibility index (Phi) is 11.4. The molecule has 0 spiro atoms. The average molecular weight is 688 g/mol. The summed E-state index contributed by atoms with van der Waals surface area (Å²) in [5.74, 6) is 0.624. The minimum absolute atomic E-state index is 0.167. The van der Waals surface area contributed by atoms with E-state index in [4.69, 9.17) is 9.47 Å². The first-order valence-corrected chi connectivity index (χ1v) is 16.9. The molecule has 264 valence electrons. The number of amides is 3. The van der Waals surface area contributed by atoms with E-state index in [1.54, 1.807) is 31.4 Å². The molecule has 0 radical (unpaired) electrons. The molecule has 0 heterocycles. The molecule has 1 aliphatic carbocycles. The Labute approximate surface area is 292 Å². The van der Waals surface area contributed by atoms with E-state index >= 15 is 0 Å². The van der Waals surface area contributed by atoms with E-state index in [0.29, 0.717) is 18.0 Å². The summed E-state index contributed by atoms with van der Waals surface area (Å²) in [7, 11) is 1.55. The second-order valence-electron chi connectivity index (χ2n) is 13.6. The fraction of sp³-hybridized carbons (Fsp3) is 0.350. The van der Waals surface area contributed by atoms with Gasteiger partial charge in [0.25, 0.3) is 0 Å². The van der Waals surface area contributed by atoms with Gasteiger partial charge in [0, 0.05) is 24.0 Å². The molecule has 50 heavy (non-hydrogen) atoms. The zero-order valence-corrected chi connectivity index (χ0v) is 28.9. The number of hydrogen-bond donors (Lipinski definition) is 1. The Bertz CT molecular complexity index is 1710. The number of anilines is 2. The Morgan fingerprint density at radius 2 is 1.28 bits per heavy atom. The SMILES string of the molecule is COc1ccc(N(Cc2ccc(-c3ccc(CN(C(=O)OC(C)(C)C)C4CCCCC4)cc3)cc2)C(=O)Nc2ccc(C(F)(F)F)cc2)cc1. The molecule has 1 N–H and O–H groups in total. The predicted molar refractivity (Wildman–Crippen MR) is 190 cm³/mol. The lowest BCUT2D eigenvalue weighted by Crippen LogP contribution is -2.43. The molecule has 1 aliphatic rings. The summed E-state index contributed by atoms with van der Waals surface area (Å²) in [5.41, 5.74) is 3.34. The van der Waals surface area contributed by atoms with Gasteiger partial charge in [0.15, 0.2) is 0 Å². The smallest absolute Gasteiger partial charge is 0.416 e. The number of alkyl halides is 3. The largest absolute Gasteiger partial charge is 0.497 e. The van der Waals surface area contributed by atoms with Crippen molar-refractivity contribution in [2.75, 3.05) is 17.3 Å². The molecule has 1 fully saturated rings. The summed E-state index contributed by atoms with van der Waals surface area (Å²) in [5, 5.41) is 2.72. The number of urea groups is 1. The van der Waals surface area contributed by atoms with Crippen LogP contribution in [-0.2, 0) is 24.0 Å². The summed E-state index contributed by atoms with van der Waals surface area (Å²) in [6.07, 6.45) is 0.638. The molecule has 3 amide bonds. The lowest BCUT2D eigenvalue weighted by molar-refractivity contribution is -0.137. The Balaban J connectivity index is 1.29. The number of halogens is 3. The van der Waals surface area contributed by atoms with Crippen LogP contribution in [-0.4, -0.2) is 35.8 Å². The number of nitrogens with one attached hydrogen (secondary N) is 1. The van der Waals surface area contributed by atoms with Crippen molar-refractivity contribution in [2.24, 2.45) is 0 Å². The van der Waals surface area contributed by atoms with Crippen LogP contribution >= 0.6 is 0 Å². The van der Waals surface area contributed by atoms with Crippen molar-refractivity contribution < 1.29 is 32.2 Å². The maximum Gasteiger partial charge on any atom is 0.416 e. The average Bonchev–Trinajstić information content (AvgIpc) is 3.09. The van der Waals surface area contributed by atoms with E-state index in [9.17, 15) is 22.8 Å². The normalized spacial score (nSPS) is 13.7. The van der Waals surface area contributed by atoms with Crippen LogP contribution in [0.4, 0.5) is 34.1 Å². The van der Waals surface area contributed by atoms with Gasteiger partial charge >= 0.3 is 18.3 Å². The van der Waals surface area contributed by atoms with E-state index in [1.165, 1.54) is 23.5 Å². The first-order chi connectivity index (χ1) is 23.8. The van der Waals surface area contributed by atoms with Gasteiger partial charge in [-0.05, 0) is 104 Å². The second-order valence-corrected chi connectivity index (χ2v) is 13.6. The molecule has 1 saturated carbocycles. The van der Waals surface area contributed by atoms with E-state index < -0.39 is 23.4 Å². The molecule has 5 rings (SSSR count). The fourth-order valence-electron chi connectivity index (χ4n) is 6.02. The Morgan fingerprint density at radius 3 is 1.78 bits per heavy atom. The summed E-state index contributed by atoms with van der Waals surface area (Å²) < 4.78 is 50.2. The standard InChI is InChI=1S/C40H44F3N3O4/c1-39(2,3)50-38(48)46(34-8-6-5-7-9-34)27-29-12-16-31(17-13-29)30-14-10-28(11-15-30)26-45(35-22-24-36(49-4)25-23-35)37(47)44-33-20-18-32(19-21-33)40(41,42)43/h10-25,34H,5-9,26-27H2,1-4H3,(H,44,47). The highest BCUT2D eigenvalue weighted by Crippen LogP contribution is 2.31. The van der Waals surface area contributed by atoms with Gasteiger partial charge in [-0.3, -0.25) is 4.90 Å². The van der Waals surface area contributed by atoms with Gasteiger partial charge in [-0.25, -0.2) is 9.59 Å². The fourth-order valence-corrected chi connectivity index (χ4v) is 6.02. The molecule has 0 unspecified atom stereocenters. The number of hydrogen-bond acceptors (Lipinski definition) is 4. The zero-order valence-electron chi connectivity index (χ0n) is 28.9. The summed E-state index contributed by atoms with van der Waals surface area (Å²) >= 11 is 0. The molecule has 4 aromatic carbocycles. The molecule has 0 saturated heterocycles.